The predicted molar refractivity (Wildman–Crippen MR) is 228 cm³/mol. The van der Waals surface area contributed by atoms with Crippen LogP contribution in [0.4, 0.5) is 0 Å². The number of ether oxygens (including phenoxy) is 6. The standard InChI is InChI=1S/C47H80O17/c1-22(2)10-9-14-47(8,64-42-39(58)36(55)34(53)27(62-42)21-59-40-37(56)33(52)26(20-49)60-40)23-11-16-46(7)31(23)24(50)18-29-44(5)15-13-30(43(3,4)28(44)12-17-45(29,46)6)63-41-38(57)35(54)32(51)25(19-48)61-41/h10,23-42,48-58H,9,11-21H2,1-8H3/t23-,24-,25-,26-,27+,28+,29-,30+,31+,32-,33-,34+,35+,36-,37+,38+,39+,40-,41+,42-,44-,45+,46-,47+/m1/s1. The van der Waals surface area contributed by atoms with E-state index in [9.17, 15) is 56.2 Å². The first kappa shape index (κ1) is 50.9. The van der Waals surface area contributed by atoms with Gasteiger partial charge in [-0.2, -0.15) is 0 Å². The molecule has 0 aromatic heterocycles. The number of allylic oxidation sites excluding steroid dienone is 2. The lowest BCUT2D eigenvalue weighted by molar-refractivity contribution is -0.342. The summed E-state index contributed by atoms with van der Waals surface area (Å²) < 4.78 is 36.6. The van der Waals surface area contributed by atoms with Crippen LogP contribution < -0.4 is 0 Å². The van der Waals surface area contributed by atoms with Crippen LogP contribution in [0.3, 0.4) is 0 Å². The lowest BCUT2D eigenvalue weighted by Crippen LogP contribution is -2.67. The van der Waals surface area contributed by atoms with Crippen LogP contribution in [0.15, 0.2) is 11.6 Å². The summed E-state index contributed by atoms with van der Waals surface area (Å²) in [6, 6.07) is 0. The molecule has 7 aliphatic rings. The molecule has 7 rings (SSSR count). The Kier molecular flexibility index (Phi) is 14.9. The maximum Gasteiger partial charge on any atom is 0.187 e. The van der Waals surface area contributed by atoms with E-state index in [0.29, 0.717) is 25.7 Å². The predicted octanol–water partition coefficient (Wildman–Crippen LogP) is 0.612. The van der Waals surface area contributed by atoms with Gasteiger partial charge < -0.3 is 84.6 Å². The summed E-state index contributed by atoms with van der Waals surface area (Å²) in [5.41, 5.74) is -0.947. The van der Waals surface area contributed by atoms with Crippen molar-refractivity contribution in [3.63, 3.8) is 0 Å². The second-order valence-corrected chi connectivity index (χ2v) is 22.4. The van der Waals surface area contributed by atoms with Gasteiger partial charge in [-0.05, 0) is 124 Å². The molecule has 370 valence electrons. The van der Waals surface area contributed by atoms with Crippen LogP contribution in [0.2, 0.25) is 0 Å². The molecule has 4 aliphatic carbocycles. The monoisotopic (exact) mass is 917 g/mol. The molecular formula is C47H80O17. The molecule has 11 N–H and O–H groups in total. The molecular weight excluding hydrogens is 836 g/mol. The number of rotatable bonds is 13. The van der Waals surface area contributed by atoms with Crippen molar-refractivity contribution in [2.24, 2.45) is 45.3 Å². The van der Waals surface area contributed by atoms with Crippen LogP contribution in [0.1, 0.15) is 113 Å². The SMILES string of the molecule is CC(C)=CCC[C@](C)(O[C@H]1O[C@@H](CO[C@@H]2O[C@H](CO)[C@@H](O)[C@@H]2O)[C@H](O)[C@@H](O)[C@@H]1O)[C@@H]1CC[C@]2(C)[C@@H]1[C@H](O)C[C@@H]1[C@]3(C)CC[C@H](O[C@@H]4O[C@H](CO)[C@@H](O)[C@H](O)[C@@H]4O)C(C)(C)[C@@H]3CC[C@@]12C. The van der Waals surface area contributed by atoms with Gasteiger partial charge >= 0.3 is 0 Å². The number of fused-ring (bicyclic) bond motifs is 5. The molecule has 17 heteroatoms. The third-order valence-corrected chi connectivity index (χ3v) is 18.4. The quantitative estimate of drug-likeness (QED) is 0.0892. The molecule has 0 spiro atoms. The van der Waals surface area contributed by atoms with E-state index in [-0.39, 0.29) is 46.0 Å². The van der Waals surface area contributed by atoms with E-state index < -0.39 is 123 Å². The topological polar surface area (TPSA) is 278 Å². The van der Waals surface area contributed by atoms with Gasteiger partial charge in [0.05, 0.1) is 37.6 Å². The highest BCUT2D eigenvalue weighted by Crippen LogP contribution is 2.76. The Labute approximate surface area is 377 Å². The molecule has 4 saturated carbocycles. The van der Waals surface area contributed by atoms with Crippen molar-refractivity contribution < 1.29 is 84.6 Å². The molecule has 0 aromatic carbocycles. The maximum atomic E-state index is 12.7. The molecule has 0 aromatic rings. The molecule has 3 heterocycles. The average molecular weight is 917 g/mol. The molecule has 24 atom stereocenters. The van der Waals surface area contributed by atoms with E-state index in [2.05, 4.69) is 40.7 Å². The van der Waals surface area contributed by atoms with Crippen LogP contribution in [0.5, 0.6) is 0 Å². The minimum Gasteiger partial charge on any atom is -0.394 e. The maximum absolute atomic E-state index is 12.7. The molecule has 17 nitrogen and oxygen atoms in total. The number of aliphatic hydroxyl groups excluding tert-OH is 11. The molecule has 0 unspecified atom stereocenters. The van der Waals surface area contributed by atoms with Gasteiger partial charge in [0.25, 0.3) is 0 Å². The van der Waals surface area contributed by atoms with Gasteiger partial charge in [-0.25, -0.2) is 0 Å². The Morgan fingerprint density at radius 3 is 1.81 bits per heavy atom. The summed E-state index contributed by atoms with van der Waals surface area (Å²) in [5, 5.41) is 118. The first-order valence-corrected chi connectivity index (χ1v) is 23.8. The van der Waals surface area contributed by atoms with Crippen LogP contribution in [0.25, 0.3) is 0 Å². The van der Waals surface area contributed by atoms with Crippen molar-refractivity contribution in [2.45, 2.75) is 217 Å². The molecule has 0 amide bonds. The normalized spacial score (nSPS) is 52.3. The van der Waals surface area contributed by atoms with Crippen molar-refractivity contribution in [3.05, 3.63) is 11.6 Å². The molecule has 7 fully saturated rings. The van der Waals surface area contributed by atoms with Crippen LogP contribution in [-0.4, -0.2) is 180 Å². The summed E-state index contributed by atoms with van der Waals surface area (Å²) in [5.74, 6) is -0.0472. The molecule has 0 radical (unpaired) electrons. The molecule has 64 heavy (non-hydrogen) atoms. The van der Waals surface area contributed by atoms with Gasteiger partial charge in [-0.3, -0.25) is 0 Å². The van der Waals surface area contributed by atoms with Crippen LogP contribution in [-0.2, 0) is 28.4 Å². The summed E-state index contributed by atoms with van der Waals surface area (Å²) in [6.45, 7) is 16.1. The van der Waals surface area contributed by atoms with E-state index in [1.165, 1.54) is 0 Å². The lowest BCUT2D eigenvalue weighted by Gasteiger charge is -2.71. The zero-order valence-electron chi connectivity index (χ0n) is 39.0. The Hall–Kier alpha value is -0.940. The van der Waals surface area contributed by atoms with Crippen molar-refractivity contribution in [2.75, 3.05) is 19.8 Å². The minimum absolute atomic E-state index is 0.149. The smallest absolute Gasteiger partial charge is 0.187 e. The van der Waals surface area contributed by atoms with Gasteiger partial charge in [0.2, 0.25) is 0 Å². The van der Waals surface area contributed by atoms with Crippen LogP contribution >= 0.6 is 0 Å². The van der Waals surface area contributed by atoms with Crippen molar-refractivity contribution in [3.8, 4) is 0 Å². The second kappa shape index (κ2) is 18.8. The van der Waals surface area contributed by atoms with Gasteiger partial charge in [0, 0.05) is 0 Å². The second-order valence-electron chi connectivity index (χ2n) is 22.4. The third kappa shape index (κ3) is 8.49. The van der Waals surface area contributed by atoms with Crippen molar-refractivity contribution in [1.29, 1.82) is 0 Å². The number of hydrogen-bond acceptors (Lipinski definition) is 17. The summed E-state index contributed by atoms with van der Waals surface area (Å²) in [4.78, 5) is 0. The third-order valence-electron chi connectivity index (χ3n) is 18.4. The highest BCUT2D eigenvalue weighted by molar-refractivity contribution is 5.20. The van der Waals surface area contributed by atoms with E-state index in [4.69, 9.17) is 28.4 Å². The lowest BCUT2D eigenvalue weighted by atomic mass is 9.35. The fourth-order valence-electron chi connectivity index (χ4n) is 14.6. The summed E-state index contributed by atoms with van der Waals surface area (Å²) >= 11 is 0. The van der Waals surface area contributed by atoms with E-state index in [1.54, 1.807) is 0 Å². The highest BCUT2D eigenvalue weighted by atomic mass is 16.7. The zero-order chi connectivity index (χ0) is 47.1. The molecule has 0 bridgehead atoms. The first-order chi connectivity index (χ1) is 29.9. The minimum atomic E-state index is -1.67. The Morgan fingerprint density at radius 1 is 0.641 bits per heavy atom. The van der Waals surface area contributed by atoms with Gasteiger partial charge in [-0.15, -0.1) is 0 Å². The Morgan fingerprint density at radius 2 is 1.19 bits per heavy atom. The van der Waals surface area contributed by atoms with E-state index >= 15 is 0 Å². The van der Waals surface area contributed by atoms with E-state index in [0.717, 1.165) is 37.7 Å². The van der Waals surface area contributed by atoms with Crippen molar-refractivity contribution >= 4 is 0 Å². The van der Waals surface area contributed by atoms with Gasteiger partial charge in [-0.1, -0.05) is 46.3 Å². The zero-order valence-corrected chi connectivity index (χ0v) is 39.0. The van der Waals surface area contributed by atoms with Crippen molar-refractivity contribution in [1.82, 2.24) is 0 Å². The fraction of sp³-hybridized carbons (Fsp3) is 0.957. The Bertz CT molecular complexity index is 1630. The van der Waals surface area contributed by atoms with Gasteiger partial charge in [0.15, 0.2) is 18.9 Å². The van der Waals surface area contributed by atoms with Gasteiger partial charge in [0.1, 0.15) is 67.1 Å². The summed E-state index contributed by atoms with van der Waals surface area (Å²) in [6.07, 6.45) is -11.9. The number of hydrogen-bond donors (Lipinski definition) is 11. The summed E-state index contributed by atoms with van der Waals surface area (Å²) in [7, 11) is 0. The molecule has 3 saturated heterocycles. The number of aliphatic hydroxyl groups is 11. The van der Waals surface area contributed by atoms with Crippen LogP contribution in [0, 0.1) is 45.3 Å². The highest BCUT2D eigenvalue weighted by Gasteiger charge is 2.72. The average Bonchev–Trinajstić information content (AvgIpc) is 3.76. The fourth-order valence-corrected chi connectivity index (χ4v) is 14.6. The molecule has 3 aliphatic heterocycles. The van der Waals surface area contributed by atoms with E-state index in [1.807, 2.05) is 20.8 Å². The first-order valence-electron chi connectivity index (χ1n) is 23.8. The Balaban J connectivity index is 1.11. The largest absolute Gasteiger partial charge is 0.394 e.